The van der Waals surface area contributed by atoms with Crippen molar-refractivity contribution in [1.29, 1.82) is 5.26 Å². The highest BCUT2D eigenvalue weighted by molar-refractivity contribution is 6.24. The zero-order valence-electron chi connectivity index (χ0n) is 13.4. The summed E-state index contributed by atoms with van der Waals surface area (Å²) >= 11 is 0. The third kappa shape index (κ3) is 1.90. The van der Waals surface area contributed by atoms with Crippen molar-refractivity contribution in [2.75, 3.05) is 0 Å². The number of fused-ring (bicyclic) bond motifs is 3. The number of aryl methyl sites for hydroxylation is 2. The van der Waals surface area contributed by atoms with Gasteiger partial charge < -0.3 is 0 Å². The molecule has 0 saturated carbocycles. The molecule has 1 heterocycles. The van der Waals surface area contributed by atoms with E-state index in [2.05, 4.69) is 11.1 Å². The molecular formula is C21H14N2O. The second kappa shape index (κ2) is 5.14. The predicted octanol–water partition coefficient (Wildman–Crippen LogP) is 4.45. The Hall–Kier alpha value is -3.25. The number of rotatable bonds is 1. The van der Waals surface area contributed by atoms with Gasteiger partial charge in [0.2, 0.25) is 0 Å². The van der Waals surface area contributed by atoms with Crippen molar-refractivity contribution in [3.63, 3.8) is 0 Å². The molecule has 3 heteroatoms. The third-order valence-electron chi connectivity index (χ3n) is 4.48. The summed E-state index contributed by atoms with van der Waals surface area (Å²) in [5.41, 5.74) is 6.55. The van der Waals surface area contributed by atoms with E-state index in [1.54, 1.807) is 0 Å². The molecule has 3 nitrogen and oxygen atoms in total. The fourth-order valence-corrected chi connectivity index (χ4v) is 3.29. The average molecular weight is 310 g/mol. The molecule has 0 saturated heterocycles. The summed E-state index contributed by atoms with van der Waals surface area (Å²) in [5.74, 6) is -0.0554. The molecule has 0 radical (unpaired) electrons. The van der Waals surface area contributed by atoms with E-state index in [9.17, 15) is 10.1 Å². The number of nitrogens with zero attached hydrogens (tertiary/aromatic N) is 2. The van der Waals surface area contributed by atoms with Gasteiger partial charge >= 0.3 is 0 Å². The number of nitriles is 1. The molecule has 2 aromatic carbocycles. The second-order valence-electron chi connectivity index (χ2n) is 6.02. The molecule has 0 N–H and O–H groups in total. The number of benzene rings is 2. The number of carbonyl (C=O) groups excluding carboxylic acids is 1. The first-order valence-corrected chi connectivity index (χ1v) is 7.77. The summed E-state index contributed by atoms with van der Waals surface area (Å²) in [4.78, 5) is 17.6. The van der Waals surface area contributed by atoms with Crippen molar-refractivity contribution in [3.05, 3.63) is 76.5 Å². The quantitative estimate of drug-likeness (QED) is 0.522. The Morgan fingerprint density at radius 3 is 2.25 bits per heavy atom. The molecule has 0 fully saturated rings. The van der Waals surface area contributed by atoms with Gasteiger partial charge in [-0.1, -0.05) is 54.1 Å². The van der Waals surface area contributed by atoms with Gasteiger partial charge in [0.05, 0.1) is 22.5 Å². The van der Waals surface area contributed by atoms with Crippen LogP contribution in [0.25, 0.3) is 22.4 Å². The van der Waals surface area contributed by atoms with E-state index in [4.69, 9.17) is 0 Å². The molecule has 0 bridgehead atoms. The largest absolute Gasteiger partial charge is 0.288 e. The molecule has 1 aliphatic carbocycles. The first-order valence-electron chi connectivity index (χ1n) is 7.77. The molecule has 1 aliphatic rings. The maximum atomic E-state index is 13.0. The van der Waals surface area contributed by atoms with Crippen molar-refractivity contribution in [2.45, 2.75) is 13.8 Å². The lowest BCUT2D eigenvalue weighted by molar-refractivity contribution is 0.104. The standard InChI is InChI=1S/C21H14N2O/c1-12-7-9-14(10-8-12)18-17(11-22)13(2)23-20-15-5-3-4-6-16(15)21(24)19(18)20/h3-10H,1-2H3. The van der Waals surface area contributed by atoms with Gasteiger partial charge in [-0.05, 0) is 19.4 Å². The van der Waals surface area contributed by atoms with E-state index in [0.29, 0.717) is 33.6 Å². The van der Waals surface area contributed by atoms with Gasteiger partial charge in [0, 0.05) is 16.7 Å². The number of pyridine rings is 1. The molecule has 24 heavy (non-hydrogen) atoms. The molecule has 114 valence electrons. The Balaban J connectivity index is 2.12. The molecule has 4 rings (SSSR count). The molecule has 0 spiro atoms. The maximum Gasteiger partial charge on any atom is 0.196 e. The van der Waals surface area contributed by atoms with E-state index in [1.807, 2.05) is 62.4 Å². The van der Waals surface area contributed by atoms with Crippen LogP contribution in [0.4, 0.5) is 0 Å². The molecule has 0 unspecified atom stereocenters. The summed E-state index contributed by atoms with van der Waals surface area (Å²) in [6, 6.07) is 17.6. The molecule has 1 aromatic heterocycles. The van der Waals surface area contributed by atoms with Crippen molar-refractivity contribution in [1.82, 2.24) is 4.98 Å². The fourth-order valence-electron chi connectivity index (χ4n) is 3.29. The zero-order valence-corrected chi connectivity index (χ0v) is 13.4. The van der Waals surface area contributed by atoms with Crippen LogP contribution in [0.5, 0.6) is 0 Å². The number of hydrogen-bond donors (Lipinski definition) is 0. The Morgan fingerprint density at radius 2 is 1.58 bits per heavy atom. The molecule has 0 aliphatic heterocycles. The average Bonchev–Trinajstić information content (AvgIpc) is 2.87. The van der Waals surface area contributed by atoms with Gasteiger partial charge in [-0.2, -0.15) is 5.26 Å². The number of aromatic nitrogens is 1. The lowest BCUT2D eigenvalue weighted by atomic mass is 9.92. The van der Waals surface area contributed by atoms with Gasteiger partial charge in [-0.3, -0.25) is 9.78 Å². The normalized spacial score (nSPS) is 11.8. The SMILES string of the molecule is Cc1ccc(-c2c(C#N)c(C)nc3c2C(=O)c2ccccc2-3)cc1. The van der Waals surface area contributed by atoms with Crippen molar-refractivity contribution in [2.24, 2.45) is 0 Å². The van der Waals surface area contributed by atoms with Gasteiger partial charge in [-0.15, -0.1) is 0 Å². The van der Waals surface area contributed by atoms with Crippen LogP contribution in [0, 0.1) is 25.2 Å². The van der Waals surface area contributed by atoms with E-state index < -0.39 is 0 Å². The van der Waals surface area contributed by atoms with Crippen LogP contribution in [-0.2, 0) is 0 Å². The van der Waals surface area contributed by atoms with E-state index in [1.165, 1.54) is 0 Å². The van der Waals surface area contributed by atoms with Crippen LogP contribution in [0.3, 0.4) is 0 Å². The molecule has 0 atom stereocenters. The van der Waals surface area contributed by atoms with Crippen molar-refractivity contribution < 1.29 is 4.79 Å². The molecule has 3 aromatic rings. The Morgan fingerprint density at radius 1 is 0.917 bits per heavy atom. The second-order valence-corrected chi connectivity index (χ2v) is 6.02. The van der Waals surface area contributed by atoms with Crippen LogP contribution < -0.4 is 0 Å². The van der Waals surface area contributed by atoms with E-state index >= 15 is 0 Å². The summed E-state index contributed by atoms with van der Waals surface area (Å²) in [5, 5.41) is 9.65. The van der Waals surface area contributed by atoms with Gasteiger partial charge in [-0.25, -0.2) is 0 Å². The number of hydrogen-bond acceptors (Lipinski definition) is 3. The first kappa shape index (κ1) is 14.3. The van der Waals surface area contributed by atoms with Crippen LogP contribution >= 0.6 is 0 Å². The predicted molar refractivity (Wildman–Crippen MR) is 92.7 cm³/mol. The zero-order chi connectivity index (χ0) is 16.8. The minimum absolute atomic E-state index is 0.0554. The van der Waals surface area contributed by atoms with Crippen LogP contribution in [0.2, 0.25) is 0 Å². The maximum absolute atomic E-state index is 13.0. The summed E-state index contributed by atoms with van der Waals surface area (Å²) in [6.45, 7) is 3.83. The lowest BCUT2D eigenvalue weighted by Crippen LogP contribution is -2.04. The number of ketones is 1. The topological polar surface area (TPSA) is 53.8 Å². The first-order chi connectivity index (χ1) is 11.6. The summed E-state index contributed by atoms with van der Waals surface area (Å²) in [7, 11) is 0. The summed E-state index contributed by atoms with van der Waals surface area (Å²) in [6.07, 6.45) is 0. The van der Waals surface area contributed by atoms with Crippen LogP contribution in [-0.4, -0.2) is 10.8 Å². The molecular weight excluding hydrogens is 296 g/mol. The van der Waals surface area contributed by atoms with Crippen LogP contribution in [0.15, 0.2) is 48.5 Å². The van der Waals surface area contributed by atoms with Crippen molar-refractivity contribution in [3.8, 4) is 28.5 Å². The monoisotopic (exact) mass is 310 g/mol. The summed E-state index contributed by atoms with van der Waals surface area (Å²) < 4.78 is 0. The van der Waals surface area contributed by atoms with Gasteiger partial charge in [0.1, 0.15) is 6.07 Å². The highest BCUT2D eigenvalue weighted by atomic mass is 16.1. The fraction of sp³-hybridized carbons (Fsp3) is 0.0952. The van der Waals surface area contributed by atoms with Crippen LogP contribution in [0.1, 0.15) is 32.7 Å². The smallest absolute Gasteiger partial charge is 0.196 e. The highest BCUT2D eigenvalue weighted by Gasteiger charge is 2.33. The lowest BCUT2D eigenvalue weighted by Gasteiger charge is -2.12. The Bertz CT molecular complexity index is 1040. The minimum atomic E-state index is -0.0554. The van der Waals surface area contributed by atoms with Gasteiger partial charge in [0.25, 0.3) is 0 Å². The van der Waals surface area contributed by atoms with Gasteiger partial charge in [0.15, 0.2) is 5.78 Å². The van der Waals surface area contributed by atoms with E-state index in [-0.39, 0.29) is 5.78 Å². The van der Waals surface area contributed by atoms with E-state index in [0.717, 1.165) is 16.7 Å². The molecule has 0 amide bonds. The minimum Gasteiger partial charge on any atom is -0.288 e. The Kier molecular flexibility index (Phi) is 3.07. The Labute approximate surface area is 140 Å². The van der Waals surface area contributed by atoms with Crippen molar-refractivity contribution >= 4 is 5.78 Å². The third-order valence-corrected chi connectivity index (χ3v) is 4.48. The highest BCUT2D eigenvalue weighted by Crippen LogP contribution is 2.42. The number of carbonyl (C=O) groups is 1.